The van der Waals surface area contributed by atoms with Crippen LogP contribution in [0, 0.1) is 6.92 Å². The summed E-state index contributed by atoms with van der Waals surface area (Å²) in [5, 5.41) is 12.3. The first kappa shape index (κ1) is 11.8. The van der Waals surface area contributed by atoms with Crippen LogP contribution in [0.4, 0.5) is 5.69 Å². The van der Waals surface area contributed by atoms with Crippen LogP contribution in [-0.2, 0) is 0 Å². The number of nitrogens with one attached hydrogen (secondary N) is 1. The predicted molar refractivity (Wildman–Crippen MR) is 64.1 cm³/mol. The summed E-state index contributed by atoms with van der Waals surface area (Å²) in [6, 6.07) is 5.95. The van der Waals surface area contributed by atoms with Crippen LogP contribution in [0.3, 0.4) is 0 Å². The minimum absolute atomic E-state index is 0.252. The topological polar surface area (TPSA) is 32.3 Å². The van der Waals surface area contributed by atoms with Gasteiger partial charge in [0, 0.05) is 16.7 Å². The lowest BCUT2D eigenvalue weighted by Crippen LogP contribution is -2.20. The lowest BCUT2D eigenvalue weighted by molar-refractivity contribution is 0.211. The predicted octanol–water partition coefficient (Wildman–Crippen LogP) is 2.77. The molecule has 2 nitrogen and oxygen atoms in total. The molecule has 0 amide bonds. The van der Waals surface area contributed by atoms with Gasteiger partial charge in [-0.25, -0.2) is 0 Å². The zero-order valence-electron chi connectivity index (χ0n) is 7.93. The van der Waals surface area contributed by atoms with Crippen LogP contribution in [0.15, 0.2) is 22.7 Å². The Hall–Kier alpha value is -0.250. The highest BCUT2D eigenvalue weighted by Crippen LogP contribution is 2.19. The van der Waals surface area contributed by atoms with E-state index in [9.17, 15) is 5.11 Å². The first-order valence-corrected chi connectivity index (χ1v) is 5.70. The summed E-state index contributed by atoms with van der Waals surface area (Å²) < 4.78 is 1.08. The van der Waals surface area contributed by atoms with Crippen LogP contribution in [0.1, 0.15) is 5.56 Å². The van der Waals surface area contributed by atoms with Gasteiger partial charge in [-0.05, 0) is 30.7 Å². The van der Waals surface area contributed by atoms with Gasteiger partial charge in [-0.15, -0.1) is 11.6 Å². The van der Waals surface area contributed by atoms with Crippen LogP contribution in [0.25, 0.3) is 0 Å². The molecule has 0 saturated carbocycles. The minimum atomic E-state index is -0.499. The Balaban J connectivity index is 2.55. The van der Waals surface area contributed by atoms with Gasteiger partial charge in [0.2, 0.25) is 0 Å². The fourth-order valence-corrected chi connectivity index (χ4v) is 1.40. The van der Waals surface area contributed by atoms with E-state index in [4.69, 9.17) is 11.6 Å². The molecule has 14 heavy (non-hydrogen) atoms. The molecular weight excluding hydrogens is 265 g/mol. The highest BCUT2D eigenvalue weighted by atomic mass is 79.9. The quantitative estimate of drug-likeness (QED) is 0.830. The molecule has 0 bridgehead atoms. The monoisotopic (exact) mass is 277 g/mol. The van der Waals surface area contributed by atoms with Crippen molar-refractivity contribution in [2.24, 2.45) is 0 Å². The standard InChI is InChI=1S/C10H13BrClNO/c1-7-4-8(2-3-10(7)11)13-6-9(14)5-12/h2-4,9,13-14H,5-6H2,1H3. The average Bonchev–Trinajstić information content (AvgIpc) is 2.19. The van der Waals surface area contributed by atoms with Gasteiger partial charge in [-0.1, -0.05) is 15.9 Å². The second-order valence-electron chi connectivity index (χ2n) is 3.15. The van der Waals surface area contributed by atoms with Gasteiger partial charge in [-0.2, -0.15) is 0 Å². The molecule has 1 aromatic carbocycles. The molecule has 2 N–H and O–H groups in total. The number of hydrogen-bond acceptors (Lipinski definition) is 2. The number of rotatable bonds is 4. The number of anilines is 1. The number of aryl methyl sites for hydroxylation is 1. The smallest absolute Gasteiger partial charge is 0.0847 e. The molecular formula is C10H13BrClNO. The van der Waals surface area contributed by atoms with Gasteiger partial charge in [0.05, 0.1) is 12.0 Å². The number of aliphatic hydroxyl groups excluding tert-OH is 1. The summed E-state index contributed by atoms with van der Waals surface area (Å²) >= 11 is 8.90. The molecule has 0 aromatic heterocycles. The Labute approximate surface area is 97.4 Å². The van der Waals surface area contributed by atoms with Crippen LogP contribution >= 0.6 is 27.5 Å². The second-order valence-corrected chi connectivity index (χ2v) is 4.32. The van der Waals surface area contributed by atoms with E-state index in [2.05, 4.69) is 21.2 Å². The Morgan fingerprint density at radius 1 is 1.57 bits per heavy atom. The van der Waals surface area contributed by atoms with Crippen LogP contribution in [0.5, 0.6) is 0 Å². The van der Waals surface area contributed by atoms with E-state index in [-0.39, 0.29) is 5.88 Å². The van der Waals surface area contributed by atoms with Crippen molar-refractivity contribution in [2.45, 2.75) is 13.0 Å². The molecule has 0 aliphatic carbocycles. The first-order valence-electron chi connectivity index (χ1n) is 4.37. The van der Waals surface area contributed by atoms with Crippen molar-refractivity contribution in [2.75, 3.05) is 17.7 Å². The Morgan fingerprint density at radius 3 is 2.86 bits per heavy atom. The zero-order valence-corrected chi connectivity index (χ0v) is 10.3. The number of halogens is 2. The third-order valence-electron chi connectivity index (χ3n) is 1.88. The average molecular weight is 279 g/mol. The highest BCUT2D eigenvalue weighted by molar-refractivity contribution is 9.10. The van der Waals surface area contributed by atoms with Crippen LogP contribution < -0.4 is 5.32 Å². The van der Waals surface area contributed by atoms with Crippen molar-refractivity contribution in [3.8, 4) is 0 Å². The fourth-order valence-electron chi connectivity index (χ4n) is 1.04. The Morgan fingerprint density at radius 2 is 2.29 bits per heavy atom. The molecule has 4 heteroatoms. The maximum atomic E-state index is 9.24. The van der Waals surface area contributed by atoms with E-state index in [1.807, 2.05) is 25.1 Å². The third kappa shape index (κ3) is 3.48. The molecule has 1 aromatic rings. The van der Waals surface area contributed by atoms with Crippen molar-refractivity contribution >= 4 is 33.2 Å². The molecule has 0 spiro atoms. The van der Waals surface area contributed by atoms with Crippen molar-refractivity contribution in [3.05, 3.63) is 28.2 Å². The maximum absolute atomic E-state index is 9.24. The van der Waals surface area contributed by atoms with Gasteiger partial charge in [-0.3, -0.25) is 0 Å². The van der Waals surface area contributed by atoms with E-state index in [1.54, 1.807) is 0 Å². The number of hydrogen-bond donors (Lipinski definition) is 2. The molecule has 1 atom stereocenters. The molecule has 78 valence electrons. The van der Waals surface area contributed by atoms with Crippen molar-refractivity contribution in [3.63, 3.8) is 0 Å². The molecule has 0 fully saturated rings. The van der Waals surface area contributed by atoms with E-state index < -0.39 is 6.10 Å². The Bertz CT molecular complexity index is 306. The van der Waals surface area contributed by atoms with Gasteiger partial charge in [0.25, 0.3) is 0 Å². The highest BCUT2D eigenvalue weighted by Gasteiger charge is 2.02. The zero-order chi connectivity index (χ0) is 10.6. The molecule has 1 unspecified atom stereocenters. The largest absolute Gasteiger partial charge is 0.390 e. The molecule has 0 radical (unpaired) electrons. The lowest BCUT2D eigenvalue weighted by atomic mass is 10.2. The van der Waals surface area contributed by atoms with Gasteiger partial charge in [0.15, 0.2) is 0 Å². The summed E-state index contributed by atoms with van der Waals surface area (Å²) in [6.45, 7) is 2.50. The summed E-state index contributed by atoms with van der Waals surface area (Å²) in [6.07, 6.45) is -0.499. The van der Waals surface area contributed by atoms with Crippen molar-refractivity contribution in [1.82, 2.24) is 0 Å². The molecule has 1 rings (SSSR count). The van der Waals surface area contributed by atoms with Gasteiger partial charge in [0.1, 0.15) is 0 Å². The first-order chi connectivity index (χ1) is 6.63. The summed E-state index contributed by atoms with van der Waals surface area (Å²) in [4.78, 5) is 0. The molecule has 0 heterocycles. The summed E-state index contributed by atoms with van der Waals surface area (Å²) in [5.41, 5.74) is 2.16. The van der Waals surface area contributed by atoms with E-state index in [1.165, 1.54) is 0 Å². The summed E-state index contributed by atoms with van der Waals surface area (Å²) in [5.74, 6) is 0.252. The lowest BCUT2D eigenvalue weighted by Gasteiger charge is -2.10. The van der Waals surface area contributed by atoms with E-state index in [0.29, 0.717) is 6.54 Å². The van der Waals surface area contributed by atoms with Crippen molar-refractivity contribution < 1.29 is 5.11 Å². The minimum Gasteiger partial charge on any atom is -0.390 e. The number of alkyl halides is 1. The fraction of sp³-hybridized carbons (Fsp3) is 0.400. The number of aliphatic hydroxyl groups is 1. The maximum Gasteiger partial charge on any atom is 0.0847 e. The van der Waals surface area contributed by atoms with Gasteiger partial charge >= 0.3 is 0 Å². The molecule has 0 aliphatic rings. The third-order valence-corrected chi connectivity index (χ3v) is 3.12. The SMILES string of the molecule is Cc1cc(NCC(O)CCl)ccc1Br. The molecule has 0 aliphatic heterocycles. The van der Waals surface area contributed by atoms with Crippen LogP contribution in [-0.4, -0.2) is 23.6 Å². The second kappa shape index (κ2) is 5.59. The van der Waals surface area contributed by atoms with E-state index in [0.717, 1.165) is 15.7 Å². The molecule has 0 saturated heterocycles. The van der Waals surface area contributed by atoms with E-state index >= 15 is 0 Å². The summed E-state index contributed by atoms with van der Waals surface area (Å²) in [7, 11) is 0. The van der Waals surface area contributed by atoms with Crippen molar-refractivity contribution in [1.29, 1.82) is 0 Å². The van der Waals surface area contributed by atoms with Gasteiger partial charge < -0.3 is 10.4 Å². The Kier molecular flexibility index (Phi) is 4.72. The number of benzene rings is 1. The van der Waals surface area contributed by atoms with Crippen LogP contribution in [0.2, 0.25) is 0 Å². The normalized spacial score (nSPS) is 12.6.